The molecule has 1 aromatic carbocycles. The van der Waals surface area contributed by atoms with Gasteiger partial charge in [0.05, 0.1) is 16.5 Å². The Morgan fingerprint density at radius 2 is 1.72 bits per heavy atom. The summed E-state index contributed by atoms with van der Waals surface area (Å²) in [5, 5.41) is 11.9. The van der Waals surface area contributed by atoms with E-state index in [1.165, 1.54) is 28.6 Å². The zero-order valence-corrected chi connectivity index (χ0v) is 18.6. The van der Waals surface area contributed by atoms with Crippen LogP contribution in [0.25, 0.3) is 0 Å². The lowest BCUT2D eigenvalue weighted by Gasteiger charge is -2.32. The second-order valence-corrected chi connectivity index (χ2v) is 9.97. The van der Waals surface area contributed by atoms with Gasteiger partial charge in [0.1, 0.15) is 0 Å². The molecule has 160 valence electrons. The average molecular weight is 421 g/mol. The third-order valence-electron chi connectivity index (χ3n) is 5.44. The van der Waals surface area contributed by atoms with E-state index in [1.54, 1.807) is 0 Å². The van der Waals surface area contributed by atoms with Gasteiger partial charge in [-0.05, 0) is 64.8 Å². The van der Waals surface area contributed by atoms with E-state index in [1.807, 2.05) is 6.07 Å². The molecule has 1 fully saturated rings. The summed E-state index contributed by atoms with van der Waals surface area (Å²) in [6, 6.07) is 8.75. The van der Waals surface area contributed by atoms with Crippen molar-refractivity contribution in [3.8, 4) is 6.07 Å². The highest BCUT2D eigenvalue weighted by Gasteiger charge is 2.32. The highest BCUT2D eigenvalue weighted by atomic mass is 32.2. The lowest BCUT2D eigenvalue weighted by molar-refractivity contribution is -0.126. The Hall–Kier alpha value is -1.95. The smallest absolute Gasteiger partial charge is 0.243 e. The fourth-order valence-corrected chi connectivity index (χ4v) is 5.24. The third kappa shape index (κ3) is 6.01. The van der Waals surface area contributed by atoms with E-state index in [-0.39, 0.29) is 16.7 Å². The van der Waals surface area contributed by atoms with Crippen LogP contribution in [0.4, 0.5) is 0 Å². The number of sulfonamides is 1. The van der Waals surface area contributed by atoms with Gasteiger partial charge < -0.3 is 5.32 Å². The van der Waals surface area contributed by atoms with Gasteiger partial charge in [-0.1, -0.05) is 0 Å². The first-order valence-corrected chi connectivity index (χ1v) is 11.6. The molecule has 1 heterocycles. The second-order valence-electron chi connectivity index (χ2n) is 8.03. The van der Waals surface area contributed by atoms with Crippen LogP contribution in [0.5, 0.6) is 0 Å². The van der Waals surface area contributed by atoms with Crippen LogP contribution in [0.15, 0.2) is 29.2 Å². The summed E-state index contributed by atoms with van der Waals surface area (Å²) in [6.07, 6.45) is 1.03. The van der Waals surface area contributed by atoms with E-state index in [0.29, 0.717) is 50.1 Å². The van der Waals surface area contributed by atoms with Gasteiger partial charge in [0.15, 0.2) is 0 Å². The topological polar surface area (TPSA) is 93.5 Å². The molecule has 0 radical (unpaired) electrons. The summed E-state index contributed by atoms with van der Waals surface area (Å²) in [5.41, 5.74) is 0.424. The Kier molecular flexibility index (Phi) is 8.20. The molecular weight excluding hydrogens is 388 g/mol. The molecule has 0 unspecified atom stereocenters. The normalized spacial score (nSPS) is 16.3. The molecule has 1 aromatic rings. The summed E-state index contributed by atoms with van der Waals surface area (Å²) in [5.74, 6) is -0.151. The predicted octanol–water partition coefficient (Wildman–Crippen LogP) is 2.19. The minimum Gasteiger partial charge on any atom is -0.355 e. The van der Waals surface area contributed by atoms with Crippen LogP contribution in [-0.4, -0.2) is 61.8 Å². The van der Waals surface area contributed by atoms with Crippen molar-refractivity contribution in [3.63, 3.8) is 0 Å². The number of rotatable bonds is 8. The van der Waals surface area contributed by atoms with Crippen molar-refractivity contribution in [1.82, 2.24) is 14.5 Å². The molecule has 0 atom stereocenters. The molecule has 29 heavy (non-hydrogen) atoms. The van der Waals surface area contributed by atoms with Crippen LogP contribution in [0.3, 0.4) is 0 Å². The molecule has 1 amide bonds. The number of nitrogens with zero attached hydrogens (tertiary/aromatic N) is 3. The summed E-state index contributed by atoms with van der Waals surface area (Å²) in [7, 11) is -3.60. The number of nitriles is 1. The quantitative estimate of drug-likeness (QED) is 0.696. The first-order valence-electron chi connectivity index (χ1n) is 10.2. The predicted molar refractivity (Wildman–Crippen MR) is 113 cm³/mol. The Morgan fingerprint density at radius 3 is 2.21 bits per heavy atom. The molecule has 0 aliphatic carbocycles. The van der Waals surface area contributed by atoms with E-state index < -0.39 is 10.0 Å². The van der Waals surface area contributed by atoms with Crippen molar-refractivity contribution in [2.24, 2.45) is 5.92 Å². The molecular formula is C21H32N4O3S. The lowest BCUT2D eigenvalue weighted by Crippen LogP contribution is -2.46. The third-order valence-corrected chi connectivity index (χ3v) is 7.35. The highest BCUT2D eigenvalue weighted by molar-refractivity contribution is 7.89. The molecule has 0 saturated carbocycles. The number of carbonyl (C=O) groups is 1. The summed E-state index contributed by atoms with van der Waals surface area (Å²) in [4.78, 5) is 15.0. The van der Waals surface area contributed by atoms with Crippen molar-refractivity contribution in [2.45, 2.75) is 57.5 Å². The van der Waals surface area contributed by atoms with Gasteiger partial charge >= 0.3 is 0 Å². The molecule has 1 aliphatic rings. The van der Waals surface area contributed by atoms with E-state index in [2.05, 4.69) is 37.9 Å². The van der Waals surface area contributed by atoms with E-state index >= 15 is 0 Å². The fraction of sp³-hybridized carbons (Fsp3) is 0.619. The van der Waals surface area contributed by atoms with Gasteiger partial charge in [0.2, 0.25) is 15.9 Å². The molecule has 1 saturated heterocycles. The number of nitrogens with one attached hydrogen (secondary N) is 1. The Bertz CT molecular complexity index is 812. The number of hydrogen-bond donors (Lipinski definition) is 1. The molecule has 0 spiro atoms. The lowest BCUT2D eigenvalue weighted by atomic mass is 9.97. The van der Waals surface area contributed by atoms with E-state index in [9.17, 15) is 13.2 Å². The van der Waals surface area contributed by atoms with Crippen LogP contribution in [0, 0.1) is 17.2 Å². The maximum atomic E-state index is 12.8. The number of carbonyl (C=O) groups excluding carboxylic acids is 1. The number of amides is 1. The summed E-state index contributed by atoms with van der Waals surface area (Å²) >= 11 is 0. The zero-order valence-electron chi connectivity index (χ0n) is 17.8. The monoisotopic (exact) mass is 420 g/mol. The molecule has 1 aliphatic heterocycles. The van der Waals surface area contributed by atoms with Gasteiger partial charge in [0.25, 0.3) is 0 Å². The molecule has 7 nitrogen and oxygen atoms in total. The van der Waals surface area contributed by atoms with Gasteiger partial charge in [-0.25, -0.2) is 8.42 Å². The average Bonchev–Trinajstić information content (AvgIpc) is 2.70. The standard InChI is InChI=1S/C21H32N4O3S/c1-16(2)25(17(3)4)14-11-23-21(26)19-9-12-24(13-10-19)29(27,28)20-7-5-18(15-22)6-8-20/h5-8,16-17,19H,9-14H2,1-4H3,(H,23,26). The maximum absolute atomic E-state index is 12.8. The first kappa shape index (κ1) is 23.3. The van der Waals surface area contributed by atoms with Crippen molar-refractivity contribution in [2.75, 3.05) is 26.2 Å². The van der Waals surface area contributed by atoms with Crippen LogP contribution in [0.1, 0.15) is 46.1 Å². The molecule has 8 heteroatoms. The van der Waals surface area contributed by atoms with Gasteiger partial charge in [0, 0.05) is 44.2 Å². The summed E-state index contributed by atoms with van der Waals surface area (Å²) in [6.45, 7) is 10.6. The Labute approximate surface area is 174 Å². The van der Waals surface area contributed by atoms with Crippen LogP contribution in [-0.2, 0) is 14.8 Å². The second kappa shape index (κ2) is 10.2. The van der Waals surface area contributed by atoms with Crippen LogP contribution >= 0.6 is 0 Å². The highest BCUT2D eigenvalue weighted by Crippen LogP contribution is 2.24. The molecule has 2 rings (SSSR count). The largest absolute Gasteiger partial charge is 0.355 e. The zero-order chi connectivity index (χ0) is 21.6. The van der Waals surface area contributed by atoms with Gasteiger partial charge in [-0.15, -0.1) is 0 Å². The molecule has 1 N–H and O–H groups in total. The van der Waals surface area contributed by atoms with Gasteiger partial charge in [-0.2, -0.15) is 9.57 Å². The number of piperidine rings is 1. The van der Waals surface area contributed by atoms with Crippen molar-refractivity contribution < 1.29 is 13.2 Å². The number of benzene rings is 1. The SMILES string of the molecule is CC(C)N(CCNC(=O)C1CCN(S(=O)(=O)c2ccc(C#N)cc2)CC1)C(C)C. The number of hydrogen-bond acceptors (Lipinski definition) is 5. The van der Waals surface area contributed by atoms with Crippen molar-refractivity contribution in [3.05, 3.63) is 29.8 Å². The minimum atomic E-state index is -3.60. The maximum Gasteiger partial charge on any atom is 0.243 e. The Balaban J connectivity index is 1.86. The first-order chi connectivity index (χ1) is 13.7. The molecule has 0 aromatic heterocycles. The van der Waals surface area contributed by atoms with Crippen LogP contribution in [0.2, 0.25) is 0 Å². The van der Waals surface area contributed by atoms with E-state index in [0.717, 1.165) is 6.54 Å². The molecule has 0 bridgehead atoms. The fourth-order valence-electron chi connectivity index (χ4n) is 3.77. The van der Waals surface area contributed by atoms with Crippen molar-refractivity contribution in [1.29, 1.82) is 5.26 Å². The van der Waals surface area contributed by atoms with Crippen molar-refractivity contribution >= 4 is 15.9 Å². The summed E-state index contributed by atoms with van der Waals surface area (Å²) < 4.78 is 27.0. The van der Waals surface area contributed by atoms with Gasteiger partial charge in [-0.3, -0.25) is 9.69 Å². The van der Waals surface area contributed by atoms with E-state index in [4.69, 9.17) is 5.26 Å². The van der Waals surface area contributed by atoms with Crippen LogP contribution < -0.4 is 5.32 Å². The minimum absolute atomic E-state index is 0.00730. The Morgan fingerprint density at radius 1 is 1.17 bits per heavy atom.